The molecule has 1 aliphatic heterocycles. The van der Waals surface area contributed by atoms with E-state index in [1.165, 1.54) is 18.2 Å². The molecule has 0 radical (unpaired) electrons. The van der Waals surface area contributed by atoms with Gasteiger partial charge in [0.15, 0.2) is 0 Å². The molecule has 2 heterocycles. The maximum absolute atomic E-state index is 14.7. The van der Waals surface area contributed by atoms with Crippen molar-refractivity contribution in [3.05, 3.63) is 110 Å². The number of benzene rings is 3. The highest BCUT2D eigenvalue weighted by molar-refractivity contribution is 14.1. The van der Waals surface area contributed by atoms with Crippen molar-refractivity contribution in [2.45, 2.75) is 6.54 Å². The Hall–Kier alpha value is -3.46. The third-order valence-electron chi connectivity index (χ3n) is 5.44. The summed E-state index contributed by atoms with van der Waals surface area (Å²) < 4.78 is 30.3. The summed E-state index contributed by atoms with van der Waals surface area (Å²) in [5.41, 5.74) is 4.76. The number of fused-ring (bicyclic) bond motifs is 3. The number of carbonyl (C=O) groups is 1. The van der Waals surface area contributed by atoms with E-state index in [2.05, 4.69) is 37.9 Å². The molecule has 0 bridgehead atoms. The molecule has 162 valence electrons. The summed E-state index contributed by atoms with van der Waals surface area (Å²) in [6.07, 6.45) is 2.52. The first-order valence-electron chi connectivity index (χ1n) is 10.1. The lowest BCUT2D eigenvalue weighted by molar-refractivity contribution is 0.112. The third-order valence-corrected chi connectivity index (χ3v) is 6.11. The van der Waals surface area contributed by atoms with Gasteiger partial charge in [0.1, 0.15) is 23.7 Å². The molecule has 0 atom stereocenters. The van der Waals surface area contributed by atoms with E-state index in [0.29, 0.717) is 16.9 Å². The lowest BCUT2D eigenvalue weighted by Gasteiger charge is -2.14. The number of nitrogens with zero attached hydrogens (tertiary/aromatic N) is 2. The van der Waals surface area contributed by atoms with Crippen LogP contribution < -0.4 is 5.32 Å². The van der Waals surface area contributed by atoms with Gasteiger partial charge in [-0.05, 0) is 93.9 Å². The number of hydrogen-bond donors (Lipinski definition) is 1. The van der Waals surface area contributed by atoms with Gasteiger partial charge < -0.3 is 5.32 Å². The monoisotopic (exact) mass is 551 g/mol. The Labute approximate surface area is 202 Å². The molecule has 4 nitrogen and oxygen atoms in total. The molecule has 4 aromatic rings. The number of aromatic nitrogens is 1. The van der Waals surface area contributed by atoms with E-state index in [0.717, 1.165) is 32.2 Å². The van der Waals surface area contributed by atoms with Crippen LogP contribution in [0.15, 0.2) is 77.9 Å². The van der Waals surface area contributed by atoms with Gasteiger partial charge in [-0.1, -0.05) is 12.1 Å². The van der Waals surface area contributed by atoms with E-state index < -0.39 is 11.6 Å². The Bertz CT molecular complexity index is 1400. The van der Waals surface area contributed by atoms with Gasteiger partial charge in [0.25, 0.3) is 0 Å². The van der Waals surface area contributed by atoms with Crippen molar-refractivity contribution in [2.24, 2.45) is 4.99 Å². The minimum absolute atomic E-state index is 0.130. The van der Waals surface area contributed by atoms with E-state index in [1.807, 2.05) is 24.3 Å². The van der Waals surface area contributed by atoms with Crippen LogP contribution in [0.4, 0.5) is 20.3 Å². The van der Waals surface area contributed by atoms with E-state index in [4.69, 9.17) is 0 Å². The Morgan fingerprint density at radius 2 is 1.67 bits per heavy atom. The van der Waals surface area contributed by atoms with E-state index >= 15 is 0 Å². The summed E-state index contributed by atoms with van der Waals surface area (Å²) in [7, 11) is 0. The van der Waals surface area contributed by atoms with Gasteiger partial charge in [0.05, 0.1) is 17.8 Å². The smallest absolute Gasteiger partial charge is 0.150 e. The fraction of sp³-hybridized carbons (Fsp3) is 0.0385. The van der Waals surface area contributed by atoms with E-state index in [1.54, 1.807) is 30.5 Å². The Morgan fingerprint density at radius 3 is 2.39 bits per heavy atom. The fourth-order valence-electron chi connectivity index (χ4n) is 3.86. The normalized spacial score (nSPS) is 12.3. The molecule has 33 heavy (non-hydrogen) atoms. The molecule has 1 aromatic heterocycles. The Kier molecular flexibility index (Phi) is 5.72. The van der Waals surface area contributed by atoms with Gasteiger partial charge in [0, 0.05) is 26.6 Å². The van der Waals surface area contributed by atoms with Crippen molar-refractivity contribution in [3.63, 3.8) is 0 Å². The summed E-state index contributed by atoms with van der Waals surface area (Å²) in [5.74, 6) is -0.690. The maximum Gasteiger partial charge on any atom is 0.150 e. The summed E-state index contributed by atoms with van der Waals surface area (Å²) in [4.78, 5) is 20.0. The molecule has 0 amide bonds. The highest BCUT2D eigenvalue weighted by Gasteiger charge is 2.24. The van der Waals surface area contributed by atoms with Crippen LogP contribution in [0.2, 0.25) is 0 Å². The van der Waals surface area contributed by atoms with Gasteiger partial charge in [-0.2, -0.15) is 0 Å². The minimum Gasteiger partial charge on any atom is -0.340 e. The zero-order chi connectivity index (χ0) is 22.9. The van der Waals surface area contributed by atoms with Crippen molar-refractivity contribution in [1.82, 2.24) is 4.98 Å². The van der Waals surface area contributed by atoms with Crippen LogP contribution in [0.1, 0.15) is 27.0 Å². The molecule has 1 aliphatic rings. The second kappa shape index (κ2) is 8.82. The maximum atomic E-state index is 14.7. The second-order valence-corrected chi connectivity index (χ2v) is 8.79. The first-order chi connectivity index (χ1) is 16.0. The summed E-state index contributed by atoms with van der Waals surface area (Å²) in [6, 6.07) is 18.6. The average Bonchev–Trinajstić information content (AvgIpc) is 2.96. The summed E-state index contributed by atoms with van der Waals surface area (Å²) >= 11 is 2.18. The van der Waals surface area contributed by atoms with Crippen LogP contribution >= 0.6 is 22.6 Å². The van der Waals surface area contributed by atoms with Crippen LogP contribution in [-0.2, 0) is 6.54 Å². The lowest BCUT2D eigenvalue weighted by Crippen LogP contribution is -2.10. The number of carbonyl (C=O) groups excluding carboxylic acids is 1. The van der Waals surface area contributed by atoms with Crippen molar-refractivity contribution in [2.75, 3.05) is 5.32 Å². The average molecular weight is 551 g/mol. The predicted octanol–water partition coefficient (Wildman–Crippen LogP) is 6.54. The highest BCUT2D eigenvalue weighted by Crippen LogP contribution is 2.36. The number of aliphatic imine (C=N–C) groups is 1. The van der Waals surface area contributed by atoms with Crippen LogP contribution in [0.3, 0.4) is 0 Å². The molecule has 3 aromatic carbocycles. The zero-order valence-corrected chi connectivity index (χ0v) is 19.3. The van der Waals surface area contributed by atoms with Crippen LogP contribution in [-0.4, -0.2) is 17.0 Å². The van der Waals surface area contributed by atoms with Crippen molar-refractivity contribution < 1.29 is 13.6 Å². The van der Waals surface area contributed by atoms with Gasteiger partial charge >= 0.3 is 0 Å². The molecule has 0 spiro atoms. The number of anilines is 2. The summed E-state index contributed by atoms with van der Waals surface area (Å²) in [5, 5.41) is 3.24. The summed E-state index contributed by atoms with van der Waals surface area (Å²) in [6.45, 7) is 0.241. The second-order valence-electron chi connectivity index (χ2n) is 7.54. The van der Waals surface area contributed by atoms with Crippen LogP contribution in [0.5, 0.6) is 0 Å². The number of halogens is 3. The van der Waals surface area contributed by atoms with E-state index in [9.17, 15) is 13.6 Å². The molecule has 1 N–H and O–H groups in total. The zero-order valence-electron chi connectivity index (χ0n) is 17.1. The standard InChI is InChI=1S/C26H16F2IN3O/c27-22-2-1-3-23(28)25(22)26-21-10-17(29)6-9-19(21)20-11-24(30-12-16(20)13-31-26)32-18-7-4-15(14-33)5-8-18/h1-12,14H,13H2,(H,30,32). The number of rotatable bonds is 4. The molecule has 0 unspecified atom stereocenters. The van der Waals surface area contributed by atoms with Crippen molar-refractivity contribution >= 4 is 46.1 Å². The third kappa shape index (κ3) is 4.16. The molecule has 0 aliphatic carbocycles. The van der Waals surface area contributed by atoms with Crippen molar-refractivity contribution in [1.29, 1.82) is 0 Å². The quantitative estimate of drug-likeness (QED) is 0.232. The first-order valence-corrected chi connectivity index (χ1v) is 11.2. The van der Waals surface area contributed by atoms with E-state index in [-0.39, 0.29) is 17.8 Å². The largest absolute Gasteiger partial charge is 0.340 e. The fourth-order valence-corrected chi connectivity index (χ4v) is 4.35. The SMILES string of the molecule is O=Cc1ccc(Nc2cc3c(cn2)CN=C(c2c(F)cccc2F)c2cc(I)ccc2-3)cc1. The van der Waals surface area contributed by atoms with Crippen LogP contribution in [0.25, 0.3) is 11.1 Å². The lowest BCUT2D eigenvalue weighted by atomic mass is 9.92. The predicted molar refractivity (Wildman–Crippen MR) is 133 cm³/mol. The molecule has 7 heteroatoms. The number of nitrogens with one attached hydrogen (secondary N) is 1. The molecule has 0 fully saturated rings. The minimum atomic E-state index is -0.649. The van der Waals surface area contributed by atoms with Crippen molar-refractivity contribution in [3.8, 4) is 11.1 Å². The molecule has 0 saturated heterocycles. The first kappa shape index (κ1) is 21.4. The van der Waals surface area contributed by atoms with Gasteiger partial charge in [-0.15, -0.1) is 0 Å². The topological polar surface area (TPSA) is 54.4 Å². The molecule has 0 saturated carbocycles. The molecular formula is C26H16F2IN3O. The highest BCUT2D eigenvalue weighted by atomic mass is 127. The molecule has 5 rings (SSSR count). The van der Waals surface area contributed by atoms with Crippen LogP contribution in [0, 0.1) is 15.2 Å². The number of pyridine rings is 1. The van der Waals surface area contributed by atoms with Gasteiger partial charge in [0.2, 0.25) is 0 Å². The Morgan fingerprint density at radius 1 is 0.909 bits per heavy atom. The number of aldehydes is 1. The van der Waals surface area contributed by atoms with Gasteiger partial charge in [-0.25, -0.2) is 13.8 Å². The Balaban J connectivity index is 1.62. The van der Waals surface area contributed by atoms with Gasteiger partial charge in [-0.3, -0.25) is 9.79 Å². The number of hydrogen-bond acceptors (Lipinski definition) is 4. The molecular weight excluding hydrogens is 535 g/mol.